The lowest BCUT2D eigenvalue weighted by Crippen LogP contribution is -2.49. The van der Waals surface area contributed by atoms with E-state index in [1.165, 1.54) is 5.56 Å². The SMILES string of the molecule is CCc1ccc(/C=C/C(=O)N2CCOCC2CO)cc1. The van der Waals surface area contributed by atoms with Gasteiger partial charge in [0.1, 0.15) is 0 Å². The molecule has 108 valence electrons. The minimum Gasteiger partial charge on any atom is -0.394 e. The van der Waals surface area contributed by atoms with E-state index in [1.54, 1.807) is 11.0 Å². The molecule has 4 heteroatoms. The van der Waals surface area contributed by atoms with Crippen molar-refractivity contribution in [2.24, 2.45) is 0 Å². The van der Waals surface area contributed by atoms with Crippen LogP contribution in [0.25, 0.3) is 6.08 Å². The third kappa shape index (κ3) is 3.68. The third-order valence-corrected chi connectivity index (χ3v) is 3.53. The lowest BCUT2D eigenvalue weighted by atomic mass is 10.1. The summed E-state index contributed by atoms with van der Waals surface area (Å²) in [7, 11) is 0. The number of hydrogen-bond acceptors (Lipinski definition) is 3. The molecular weight excluding hydrogens is 254 g/mol. The lowest BCUT2D eigenvalue weighted by Gasteiger charge is -2.33. The van der Waals surface area contributed by atoms with E-state index >= 15 is 0 Å². The average molecular weight is 275 g/mol. The smallest absolute Gasteiger partial charge is 0.247 e. The van der Waals surface area contributed by atoms with Crippen LogP contribution < -0.4 is 0 Å². The van der Waals surface area contributed by atoms with Gasteiger partial charge in [-0.2, -0.15) is 0 Å². The van der Waals surface area contributed by atoms with Crippen molar-refractivity contribution in [2.45, 2.75) is 19.4 Å². The minimum atomic E-state index is -0.233. The zero-order chi connectivity index (χ0) is 14.4. The van der Waals surface area contributed by atoms with Gasteiger partial charge >= 0.3 is 0 Å². The number of aryl methyl sites for hydroxylation is 1. The number of carbonyl (C=O) groups excluding carboxylic acids is 1. The molecule has 4 nitrogen and oxygen atoms in total. The van der Waals surface area contributed by atoms with E-state index in [0.29, 0.717) is 19.8 Å². The van der Waals surface area contributed by atoms with Crippen molar-refractivity contribution in [2.75, 3.05) is 26.4 Å². The molecule has 1 aromatic rings. The molecule has 1 aliphatic heterocycles. The highest BCUT2D eigenvalue weighted by Crippen LogP contribution is 2.10. The van der Waals surface area contributed by atoms with Crippen LogP contribution in [0.1, 0.15) is 18.1 Å². The molecule has 1 fully saturated rings. The van der Waals surface area contributed by atoms with Crippen molar-refractivity contribution in [3.63, 3.8) is 0 Å². The van der Waals surface area contributed by atoms with Crippen molar-refractivity contribution in [1.29, 1.82) is 0 Å². The topological polar surface area (TPSA) is 49.8 Å². The van der Waals surface area contributed by atoms with Crippen LogP contribution in [0.3, 0.4) is 0 Å². The highest BCUT2D eigenvalue weighted by molar-refractivity contribution is 5.92. The predicted molar refractivity (Wildman–Crippen MR) is 78.3 cm³/mol. The Kier molecular flexibility index (Phi) is 5.32. The van der Waals surface area contributed by atoms with Gasteiger partial charge < -0.3 is 14.7 Å². The van der Waals surface area contributed by atoms with Gasteiger partial charge in [-0.15, -0.1) is 0 Å². The molecular formula is C16H21NO3. The number of morpholine rings is 1. The predicted octanol–water partition coefficient (Wildman–Crippen LogP) is 1.48. The Morgan fingerprint density at radius 2 is 2.20 bits per heavy atom. The van der Waals surface area contributed by atoms with E-state index in [0.717, 1.165) is 12.0 Å². The largest absolute Gasteiger partial charge is 0.394 e. The van der Waals surface area contributed by atoms with Gasteiger partial charge in [-0.25, -0.2) is 0 Å². The lowest BCUT2D eigenvalue weighted by molar-refractivity contribution is -0.136. The fourth-order valence-corrected chi connectivity index (χ4v) is 2.22. The van der Waals surface area contributed by atoms with E-state index in [9.17, 15) is 9.90 Å². The van der Waals surface area contributed by atoms with Crippen molar-refractivity contribution < 1.29 is 14.6 Å². The van der Waals surface area contributed by atoms with Crippen LogP contribution in [0.2, 0.25) is 0 Å². The second-order valence-electron chi connectivity index (χ2n) is 4.87. The van der Waals surface area contributed by atoms with Gasteiger partial charge in [-0.3, -0.25) is 4.79 Å². The summed E-state index contributed by atoms with van der Waals surface area (Å²) in [5.41, 5.74) is 2.28. The Morgan fingerprint density at radius 1 is 1.45 bits per heavy atom. The monoisotopic (exact) mass is 275 g/mol. The highest BCUT2D eigenvalue weighted by atomic mass is 16.5. The zero-order valence-electron chi connectivity index (χ0n) is 11.8. The standard InChI is InChI=1S/C16H21NO3/c1-2-13-3-5-14(6-4-13)7-8-16(19)17-9-10-20-12-15(17)11-18/h3-8,15,18H,2,9-12H2,1H3/b8-7+. The molecule has 0 spiro atoms. The van der Waals surface area contributed by atoms with Crippen molar-refractivity contribution in [3.05, 3.63) is 41.5 Å². The molecule has 0 aliphatic carbocycles. The number of benzene rings is 1. The first-order valence-corrected chi connectivity index (χ1v) is 7.00. The molecule has 1 amide bonds. The Hall–Kier alpha value is -1.65. The maximum absolute atomic E-state index is 12.1. The molecule has 0 bridgehead atoms. The van der Waals surface area contributed by atoms with Gasteiger partial charge in [0.05, 0.1) is 25.9 Å². The number of ether oxygens (including phenoxy) is 1. The average Bonchev–Trinajstić information content (AvgIpc) is 2.53. The number of nitrogens with zero attached hydrogens (tertiary/aromatic N) is 1. The van der Waals surface area contributed by atoms with Crippen LogP contribution in [-0.2, 0) is 16.0 Å². The first-order chi connectivity index (χ1) is 9.74. The molecule has 1 N–H and O–H groups in total. The van der Waals surface area contributed by atoms with Gasteiger partial charge in [0.25, 0.3) is 0 Å². The summed E-state index contributed by atoms with van der Waals surface area (Å²) in [4.78, 5) is 13.8. The summed E-state index contributed by atoms with van der Waals surface area (Å²) in [6.45, 7) is 3.51. The third-order valence-electron chi connectivity index (χ3n) is 3.53. The maximum Gasteiger partial charge on any atom is 0.247 e. The number of aliphatic hydroxyl groups excluding tert-OH is 1. The van der Waals surface area contributed by atoms with Gasteiger partial charge in [0, 0.05) is 12.6 Å². The summed E-state index contributed by atoms with van der Waals surface area (Å²) >= 11 is 0. The molecule has 1 saturated heterocycles. The minimum absolute atomic E-state index is 0.0647. The summed E-state index contributed by atoms with van der Waals surface area (Å²) in [6.07, 6.45) is 4.38. The van der Waals surface area contributed by atoms with Crippen LogP contribution in [0, 0.1) is 0 Å². The fraction of sp³-hybridized carbons (Fsp3) is 0.438. The Bertz CT molecular complexity index is 467. The normalized spacial score (nSPS) is 19.5. The summed E-state index contributed by atoms with van der Waals surface area (Å²) in [5.74, 6) is -0.0769. The number of amides is 1. The van der Waals surface area contributed by atoms with E-state index in [4.69, 9.17) is 4.74 Å². The van der Waals surface area contributed by atoms with Crippen molar-refractivity contribution in [3.8, 4) is 0 Å². The Morgan fingerprint density at radius 3 is 2.85 bits per heavy atom. The van der Waals surface area contributed by atoms with E-state index in [2.05, 4.69) is 19.1 Å². The Balaban J connectivity index is 2.00. The van der Waals surface area contributed by atoms with Crippen LogP contribution in [0.15, 0.2) is 30.3 Å². The van der Waals surface area contributed by atoms with Crippen LogP contribution in [0.5, 0.6) is 0 Å². The van der Waals surface area contributed by atoms with Gasteiger partial charge in [0.2, 0.25) is 5.91 Å². The molecule has 0 saturated carbocycles. The van der Waals surface area contributed by atoms with E-state index in [-0.39, 0.29) is 18.6 Å². The second kappa shape index (κ2) is 7.22. The molecule has 20 heavy (non-hydrogen) atoms. The fourth-order valence-electron chi connectivity index (χ4n) is 2.22. The van der Waals surface area contributed by atoms with Crippen LogP contribution in [0.4, 0.5) is 0 Å². The number of carbonyl (C=O) groups is 1. The molecule has 1 heterocycles. The highest BCUT2D eigenvalue weighted by Gasteiger charge is 2.24. The summed E-state index contributed by atoms with van der Waals surface area (Å²) < 4.78 is 5.26. The molecule has 1 aromatic carbocycles. The number of hydrogen-bond donors (Lipinski definition) is 1. The van der Waals surface area contributed by atoms with Crippen molar-refractivity contribution >= 4 is 12.0 Å². The first kappa shape index (κ1) is 14.8. The summed E-state index contributed by atoms with van der Waals surface area (Å²) in [5, 5.41) is 9.26. The molecule has 1 atom stereocenters. The molecule has 2 rings (SSSR count). The Labute approximate surface area is 119 Å². The second-order valence-corrected chi connectivity index (χ2v) is 4.87. The molecule has 1 unspecified atom stereocenters. The maximum atomic E-state index is 12.1. The number of rotatable bonds is 4. The molecule has 0 aromatic heterocycles. The van der Waals surface area contributed by atoms with Gasteiger partial charge in [0.15, 0.2) is 0 Å². The van der Waals surface area contributed by atoms with Crippen molar-refractivity contribution in [1.82, 2.24) is 4.90 Å². The van der Waals surface area contributed by atoms with Crippen LogP contribution >= 0.6 is 0 Å². The number of aliphatic hydroxyl groups is 1. The van der Waals surface area contributed by atoms with E-state index in [1.807, 2.05) is 18.2 Å². The zero-order valence-corrected chi connectivity index (χ0v) is 11.8. The molecule has 1 aliphatic rings. The van der Waals surface area contributed by atoms with Gasteiger partial charge in [-0.05, 0) is 23.6 Å². The van der Waals surface area contributed by atoms with Crippen LogP contribution in [-0.4, -0.2) is 48.3 Å². The quantitative estimate of drug-likeness (QED) is 0.847. The summed E-state index contributed by atoms with van der Waals surface area (Å²) in [6, 6.07) is 7.91. The first-order valence-electron chi connectivity index (χ1n) is 7.00. The van der Waals surface area contributed by atoms with Gasteiger partial charge in [-0.1, -0.05) is 31.2 Å². The molecule has 0 radical (unpaired) electrons. The van der Waals surface area contributed by atoms with E-state index < -0.39 is 0 Å².